The van der Waals surface area contributed by atoms with Crippen molar-refractivity contribution in [2.75, 3.05) is 13.1 Å². The van der Waals surface area contributed by atoms with Gasteiger partial charge in [-0.25, -0.2) is 0 Å². The second-order valence-corrected chi connectivity index (χ2v) is 3.54. The molecule has 0 bridgehead atoms. The van der Waals surface area contributed by atoms with E-state index in [0.29, 0.717) is 5.92 Å². The van der Waals surface area contributed by atoms with Crippen LogP contribution in [0.2, 0.25) is 0 Å². The van der Waals surface area contributed by atoms with E-state index < -0.39 is 0 Å². The summed E-state index contributed by atoms with van der Waals surface area (Å²) in [5.74, 6) is 0.756. The van der Waals surface area contributed by atoms with E-state index in [4.69, 9.17) is 0 Å². The standard InChI is InChI=1S/C11H21NO/c1-5-12(6-2)11(13)9-7-8-10(3)4/h7,9-10H,5-6,8H2,1-4H3/b9-7+. The number of carbonyl (C=O) groups excluding carboxylic acids is 1. The van der Waals surface area contributed by atoms with E-state index >= 15 is 0 Å². The number of hydrogen-bond donors (Lipinski definition) is 0. The molecule has 0 saturated carbocycles. The zero-order chi connectivity index (χ0) is 10.3. The summed E-state index contributed by atoms with van der Waals surface area (Å²) in [4.78, 5) is 13.2. The van der Waals surface area contributed by atoms with E-state index in [0.717, 1.165) is 19.5 Å². The molecule has 0 saturated heterocycles. The normalized spacial score (nSPS) is 11.2. The highest BCUT2D eigenvalue weighted by Crippen LogP contribution is 2.00. The fourth-order valence-corrected chi connectivity index (χ4v) is 1.08. The van der Waals surface area contributed by atoms with Crippen molar-refractivity contribution in [3.05, 3.63) is 12.2 Å². The highest BCUT2D eigenvalue weighted by molar-refractivity contribution is 5.87. The molecule has 13 heavy (non-hydrogen) atoms. The summed E-state index contributed by atoms with van der Waals surface area (Å²) in [6.45, 7) is 9.87. The average Bonchev–Trinajstić information content (AvgIpc) is 2.05. The first-order valence-corrected chi connectivity index (χ1v) is 5.07. The monoisotopic (exact) mass is 183 g/mol. The van der Waals surface area contributed by atoms with E-state index in [1.54, 1.807) is 6.08 Å². The molecule has 0 unspecified atom stereocenters. The number of amides is 1. The summed E-state index contributed by atoms with van der Waals surface area (Å²) in [6, 6.07) is 0. The second-order valence-electron chi connectivity index (χ2n) is 3.54. The van der Waals surface area contributed by atoms with Gasteiger partial charge in [0, 0.05) is 13.1 Å². The lowest BCUT2D eigenvalue weighted by Gasteiger charge is -2.15. The van der Waals surface area contributed by atoms with Crippen molar-refractivity contribution >= 4 is 5.91 Å². The predicted molar refractivity (Wildman–Crippen MR) is 56.5 cm³/mol. The molecule has 0 atom stereocenters. The lowest BCUT2D eigenvalue weighted by molar-refractivity contribution is -0.125. The van der Waals surface area contributed by atoms with Crippen LogP contribution in [-0.2, 0) is 4.79 Å². The highest BCUT2D eigenvalue weighted by atomic mass is 16.2. The minimum absolute atomic E-state index is 0.130. The number of likely N-dealkylation sites (N-methyl/N-ethyl adjacent to an activating group) is 1. The van der Waals surface area contributed by atoms with Gasteiger partial charge < -0.3 is 4.90 Å². The van der Waals surface area contributed by atoms with Crippen molar-refractivity contribution in [1.29, 1.82) is 0 Å². The molecule has 2 heteroatoms. The van der Waals surface area contributed by atoms with Crippen LogP contribution in [-0.4, -0.2) is 23.9 Å². The van der Waals surface area contributed by atoms with Crippen LogP contribution in [0.1, 0.15) is 34.1 Å². The van der Waals surface area contributed by atoms with E-state index in [9.17, 15) is 4.79 Å². The van der Waals surface area contributed by atoms with E-state index in [1.165, 1.54) is 0 Å². The third-order valence-corrected chi connectivity index (χ3v) is 1.94. The van der Waals surface area contributed by atoms with Crippen LogP contribution < -0.4 is 0 Å². The first-order valence-electron chi connectivity index (χ1n) is 5.07. The summed E-state index contributed by atoms with van der Waals surface area (Å²) in [5, 5.41) is 0. The van der Waals surface area contributed by atoms with Crippen molar-refractivity contribution in [1.82, 2.24) is 4.90 Å². The summed E-state index contributed by atoms with van der Waals surface area (Å²) in [5.41, 5.74) is 0. The Labute approximate surface area is 81.6 Å². The third-order valence-electron chi connectivity index (χ3n) is 1.94. The van der Waals surface area contributed by atoms with Gasteiger partial charge in [-0.1, -0.05) is 19.9 Å². The maximum absolute atomic E-state index is 11.4. The third kappa shape index (κ3) is 5.45. The fourth-order valence-electron chi connectivity index (χ4n) is 1.08. The molecule has 0 heterocycles. The van der Waals surface area contributed by atoms with Gasteiger partial charge in [0.05, 0.1) is 0 Å². The fraction of sp³-hybridized carbons (Fsp3) is 0.727. The van der Waals surface area contributed by atoms with Crippen molar-refractivity contribution in [2.24, 2.45) is 5.92 Å². The van der Waals surface area contributed by atoms with E-state index in [2.05, 4.69) is 13.8 Å². The average molecular weight is 183 g/mol. The van der Waals surface area contributed by atoms with Gasteiger partial charge in [-0.05, 0) is 32.3 Å². The van der Waals surface area contributed by atoms with Gasteiger partial charge >= 0.3 is 0 Å². The van der Waals surface area contributed by atoms with Gasteiger partial charge in [-0.2, -0.15) is 0 Å². The Kier molecular flexibility index (Phi) is 6.29. The minimum atomic E-state index is 0.130. The van der Waals surface area contributed by atoms with Crippen LogP contribution in [0.4, 0.5) is 0 Å². The van der Waals surface area contributed by atoms with Crippen LogP contribution in [0.15, 0.2) is 12.2 Å². The van der Waals surface area contributed by atoms with Gasteiger partial charge in [-0.15, -0.1) is 0 Å². The Morgan fingerprint density at radius 2 is 1.85 bits per heavy atom. The molecular weight excluding hydrogens is 162 g/mol. The summed E-state index contributed by atoms with van der Waals surface area (Å²) in [6.07, 6.45) is 4.63. The predicted octanol–water partition coefficient (Wildman–Crippen LogP) is 2.46. The van der Waals surface area contributed by atoms with E-state index in [1.807, 2.05) is 24.8 Å². The smallest absolute Gasteiger partial charge is 0.246 e. The van der Waals surface area contributed by atoms with Gasteiger partial charge in [0.2, 0.25) is 5.91 Å². The van der Waals surface area contributed by atoms with E-state index in [-0.39, 0.29) is 5.91 Å². The molecule has 0 aromatic rings. The topological polar surface area (TPSA) is 20.3 Å². The lowest BCUT2D eigenvalue weighted by atomic mass is 10.1. The van der Waals surface area contributed by atoms with Crippen LogP contribution in [0.25, 0.3) is 0 Å². The van der Waals surface area contributed by atoms with Crippen molar-refractivity contribution in [2.45, 2.75) is 34.1 Å². The summed E-state index contributed by atoms with van der Waals surface area (Å²) >= 11 is 0. The van der Waals surface area contributed by atoms with Crippen molar-refractivity contribution < 1.29 is 4.79 Å². The van der Waals surface area contributed by atoms with Crippen molar-refractivity contribution in [3.63, 3.8) is 0 Å². The molecule has 0 aliphatic heterocycles. The number of hydrogen-bond acceptors (Lipinski definition) is 1. The molecule has 0 aliphatic carbocycles. The quantitative estimate of drug-likeness (QED) is 0.599. The number of rotatable bonds is 5. The van der Waals surface area contributed by atoms with Gasteiger partial charge in [-0.3, -0.25) is 4.79 Å². The van der Waals surface area contributed by atoms with Crippen LogP contribution in [0.3, 0.4) is 0 Å². The Hall–Kier alpha value is -0.790. The molecule has 76 valence electrons. The maximum Gasteiger partial charge on any atom is 0.246 e. The molecule has 0 aromatic carbocycles. The number of nitrogens with zero attached hydrogens (tertiary/aromatic N) is 1. The number of allylic oxidation sites excluding steroid dienone is 1. The zero-order valence-electron chi connectivity index (χ0n) is 9.21. The molecule has 0 aliphatic rings. The van der Waals surface area contributed by atoms with Gasteiger partial charge in [0.1, 0.15) is 0 Å². The highest BCUT2D eigenvalue weighted by Gasteiger charge is 2.03. The molecule has 0 aromatic heterocycles. The molecule has 0 fully saturated rings. The Morgan fingerprint density at radius 1 is 1.31 bits per heavy atom. The molecule has 1 amide bonds. The minimum Gasteiger partial charge on any atom is -0.340 e. The second kappa shape index (κ2) is 6.70. The number of carbonyl (C=O) groups is 1. The van der Waals surface area contributed by atoms with Gasteiger partial charge in [0.15, 0.2) is 0 Å². The molecule has 0 radical (unpaired) electrons. The molecule has 0 rings (SSSR count). The lowest BCUT2D eigenvalue weighted by Crippen LogP contribution is -2.28. The molecule has 2 nitrogen and oxygen atoms in total. The van der Waals surface area contributed by atoms with Crippen LogP contribution in [0, 0.1) is 5.92 Å². The zero-order valence-corrected chi connectivity index (χ0v) is 9.21. The van der Waals surface area contributed by atoms with Gasteiger partial charge in [0.25, 0.3) is 0 Å². The maximum atomic E-state index is 11.4. The molecular formula is C11H21NO. The first kappa shape index (κ1) is 12.2. The molecule has 0 N–H and O–H groups in total. The first-order chi connectivity index (χ1) is 6.11. The summed E-state index contributed by atoms with van der Waals surface area (Å²) < 4.78 is 0. The Balaban J connectivity index is 3.90. The SMILES string of the molecule is CCN(CC)C(=O)/C=C/CC(C)C. The Bertz CT molecular complexity index is 169. The Morgan fingerprint density at radius 3 is 2.23 bits per heavy atom. The summed E-state index contributed by atoms with van der Waals surface area (Å²) in [7, 11) is 0. The van der Waals surface area contributed by atoms with Crippen LogP contribution in [0.5, 0.6) is 0 Å². The van der Waals surface area contributed by atoms with Crippen molar-refractivity contribution in [3.8, 4) is 0 Å². The largest absolute Gasteiger partial charge is 0.340 e. The van der Waals surface area contributed by atoms with Crippen LogP contribution >= 0.6 is 0 Å². The molecule has 0 spiro atoms.